The van der Waals surface area contributed by atoms with Gasteiger partial charge in [0.15, 0.2) is 4.34 Å². The Kier molecular flexibility index (Phi) is 5.92. The summed E-state index contributed by atoms with van der Waals surface area (Å²) in [4.78, 5) is 14.2. The maximum absolute atomic E-state index is 12.5. The summed E-state index contributed by atoms with van der Waals surface area (Å²) in [7, 11) is 0. The van der Waals surface area contributed by atoms with E-state index in [1.54, 1.807) is 10.4 Å². The van der Waals surface area contributed by atoms with Crippen molar-refractivity contribution < 1.29 is 4.79 Å². The van der Waals surface area contributed by atoms with Gasteiger partial charge in [-0.05, 0) is 37.1 Å². The molecule has 5 nitrogen and oxygen atoms in total. The zero-order valence-electron chi connectivity index (χ0n) is 12.4. The van der Waals surface area contributed by atoms with Gasteiger partial charge in [0.25, 0.3) is 0 Å². The summed E-state index contributed by atoms with van der Waals surface area (Å²) in [5, 5.41) is 16.5. The minimum absolute atomic E-state index is 0.0290. The van der Waals surface area contributed by atoms with E-state index < -0.39 is 0 Å². The summed E-state index contributed by atoms with van der Waals surface area (Å²) in [5.74, 6) is 0.256. The van der Waals surface area contributed by atoms with Gasteiger partial charge in [-0.2, -0.15) is 5.26 Å². The van der Waals surface area contributed by atoms with Gasteiger partial charge in [-0.1, -0.05) is 29.2 Å². The number of carbonyl (C=O) groups excluding carboxylic acids is 1. The molecule has 0 spiro atoms. The molecule has 0 atom stereocenters. The van der Waals surface area contributed by atoms with E-state index in [1.165, 1.54) is 28.7 Å². The van der Waals surface area contributed by atoms with E-state index in [4.69, 9.17) is 5.26 Å². The van der Waals surface area contributed by atoms with Crippen LogP contribution in [0.4, 0.5) is 5.69 Å². The van der Waals surface area contributed by atoms with Crippen LogP contribution in [0.25, 0.3) is 0 Å². The number of aryl methyl sites for hydroxylation is 2. The fraction of sp³-hybridized carbons (Fsp3) is 0.333. The van der Waals surface area contributed by atoms with Crippen LogP contribution < -0.4 is 4.90 Å². The SMILES string of the molecule is Cc1ccc(N(CCC#N)C(=O)CSc2nncs2)cc1C. The highest BCUT2D eigenvalue weighted by atomic mass is 32.2. The number of nitrogens with zero attached hydrogens (tertiary/aromatic N) is 4. The molecule has 114 valence electrons. The third-order valence-electron chi connectivity index (χ3n) is 3.21. The van der Waals surface area contributed by atoms with Gasteiger partial charge in [0.05, 0.1) is 18.2 Å². The van der Waals surface area contributed by atoms with Crippen molar-refractivity contribution in [2.24, 2.45) is 0 Å². The molecule has 0 aliphatic rings. The number of thioether (sulfide) groups is 1. The molecule has 2 rings (SSSR count). The number of rotatable bonds is 6. The Hall–Kier alpha value is -1.91. The Bertz CT molecular complexity index is 679. The Morgan fingerprint density at radius 2 is 2.23 bits per heavy atom. The lowest BCUT2D eigenvalue weighted by Gasteiger charge is -2.22. The third kappa shape index (κ3) is 4.29. The van der Waals surface area contributed by atoms with Crippen molar-refractivity contribution in [1.29, 1.82) is 5.26 Å². The van der Waals surface area contributed by atoms with Gasteiger partial charge in [0, 0.05) is 12.2 Å². The number of hydrogen-bond acceptors (Lipinski definition) is 6. The molecule has 0 aliphatic carbocycles. The van der Waals surface area contributed by atoms with Crippen LogP contribution in [-0.4, -0.2) is 28.4 Å². The van der Waals surface area contributed by atoms with Gasteiger partial charge in [-0.25, -0.2) is 0 Å². The summed E-state index contributed by atoms with van der Waals surface area (Å²) in [6.07, 6.45) is 0.308. The average Bonchev–Trinajstić information content (AvgIpc) is 3.02. The van der Waals surface area contributed by atoms with E-state index in [2.05, 4.69) is 16.3 Å². The summed E-state index contributed by atoms with van der Waals surface area (Å²) in [6.45, 7) is 4.45. The molecular formula is C15H16N4OS2. The summed E-state index contributed by atoms with van der Waals surface area (Å²) < 4.78 is 0.772. The Morgan fingerprint density at radius 3 is 2.86 bits per heavy atom. The Labute approximate surface area is 138 Å². The van der Waals surface area contributed by atoms with E-state index in [1.807, 2.05) is 32.0 Å². The standard InChI is InChI=1S/C15H16N4OS2/c1-11-4-5-13(8-12(11)2)19(7-3-6-16)14(20)9-21-15-18-17-10-22-15/h4-5,8,10H,3,7,9H2,1-2H3. The van der Waals surface area contributed by atoms with Crippen molar-refractivity contribution in [1.82, 2.24) is 10.2 Å². The zero-order valence-corrected chi connectivity index (χ0v) is 14.1. The molecular weight excluding hydrogens is 316 g/mol. The zero-order chi connectivity index (χ0) is 15.9. The highest BCUT2D eigenvalue weighted by Gasteiger charge is 2.17. The largest absolute Gasteiger partial charge is 0.311 e. The van der Waals surface area contributed by atoms with Crippen LogP contribution in [0, 0.1) is 25.2 Å². The van der Waals surface area contributed by atoms with Gasteiger partial charge in [-0.3, -0.25) is 4.79 Å². The molecule has 0 N–H and O–H groups in total. The summed E-state index contributed by atoms with van der Waals surface area (Å²) >= 11 is 2.78. The first-order valence-electron chi connectivity index (χ1n) is 6.75. The Balaban J connectivity index is 2.12. The van der Waals surface area contributed by atoms with Crippen LogP contribution in [-0.2, 0) is 4.79 Å². The monoisotopic (exact) mass is 332 g/mol. The normalized spacial score (nSPS) is 10.2. The van der Waals surface area contributed by atoms with E-state index in [0.29, 0.717) is 13.0 Å². The lowest BCUT2D eigenvalue weighted by atomic mass is 10.1. The number of aromatic nitrogens is 2. The summed E-state index contributed by atoms with van der Waals surface area (Å²) in [6, 6.07) is 8.00. The minimum Gasteiger partial charge on any atom is -0.311 e. The van der Waals surface area contributed by atoms with Crippen molar-refractivity contribution in [2.75, 3.05) is 17.2 Å². The molecule has 0 fully saturated rings. The predicted octanol–water partition coefficient (Wildman–Crippen LogP) is 3.19. The van der Waals surface area contributed by atoms with E-state index >= 15 is 0 Å². The first kappa shape index (κ1) is 16.5. The van der Waals surface area contributed by atoms with Crippen LogP contribution in [0.5, 0.6) is 0 Å². The predicted molar refractivity (Wildman–Crippen MR) is 89.1 cm³/mol. The molecule has 0 unspecified atom stereocenters. The maximum Gasteiger partial charge on any atom is 0.237 e. The van der Waals surface area contributed by atoms with Crippen LogP contribution in [0.3, 0.4) is 0 Å². The lowest BCUT2D eigenvalue weighted by Crippen LogP contribution is -2.33. The van der Waals surface area contributed by atoms with E-state index in [-0.39, 0.29) is 11.7 Å². The first-order chi connectivity index (χ1) is 10.6. The van der Waals surface area contributed by atoms with Crippen molar-refractivity contribution in [2.45, 2.75) is 24.6 Å². The molecule has 7 heteroatoms. The van der Waals surface area contributed by atoms with Crippen LogP contribution in [0.1, 0.15) is 17.5 Å². The summed E-state index contributed by atoms with van der Waals surface area (Å²) in [5.41, 5.74) is 4.79. The second-order valence-corrected chi connectivity index (χ2v) is 6.77. The number of hydrogen-bond donors (Lipinski definition) is 0. The first-order valence-corrected chi connectivity index (χ1v) is 8.62. The topological polar surface area (TPSA) is 69.9 Å². The second kappa shape index (κ2) is 7.92. The molecule has 1 aromatic carbocycles. The van der Waals surface area contributed by atoms with Crippen molar-refractivity contribution in [3.8, 4) is 6.07 Å². The molecule has 0 bridgehead atoms. The number of carbonyl (C=O) groups is 1. The molecule has 1 aromatic heterocycles. The Morgan fingerprint density at radius 1 is 1.41 bits per heavy atom. The van der Waals surface area contributed by atoms with Crippen LogP contribution in [0.2, 0.25) is 0 Å². The van der Waals surface area contributed by atoms with Gasteiger partial charge in [-0.15, -0.1) is 10.2 Å². The van der Waals surface area contributed by atoms with Gasteiger partial charge >= 0.3 is 0 Å². The molecule has 0 aliphatic heterocycles. The molecule has 1 heterocycles. The second-order valence-electron chi connectivity index (χ2n) is 4.72. The lowest BCUT2D eigenvalue weighted by molar-refractivity contribution is -0.116. The smallest absolute Gasteiger partial charge is 0.237 e. The fourth-order valence-corrected chi connectivity index (χ4v) is 3.24. The molecule has 0 saturated heterocycles. The minimum atomic E-state index is -0.0290. The molecule has 0 saturated carbocycles. The van der Waals surface area contributed by atoms with Gasteiger partial charge < -0.3 is 4.90 Å². The fourth-order valence-electron chi connectivity index (χ4n) is 1.88. The van der Waals surface area contributed by atoms with E-state index in [9.17, 15) is 4.79 Å². The van der Waals surface area contributed by atoms with Gasteiger partial charge in [0.1, 0.15) is 5.51 Å². The molecule has 22 heavy (non-hydrogen) atoms. The average molecular weight is 332 g/mol. The van der Waals surface area contributed by atoms with Crippen molar-refractivity contribution in [3.05, 3.63) is 34.8 Å². The quantitative estimate of drug-likeness (QED) is 0.760. The van der Waals surface area contributed by atoms with Gasteiger partial charge in [0.2, 0.25) is 5.91 Å². The van der Waals surface area contributed by atoms with Crippen molar-refractivity contribution in [3.63, 3.8) is 0 Å². The molecule has 2 aromatic rings. The van der Waals surface area contributed by atoms with Crippen molar-refractivity contribution >= 4 is 34.7 Å². The molecule has 0 radical (unpaired) electrons. The van der Waals surface area contributed by atoms with Crippen LogP contribution >= 0.6 is 23.1 Å². The van der Waals surface area contributed by atoms with Crippen LogP contribution in [0.15, 0.2) is 28.0 Å². The highest BCUT2D eigenvalue weighted by molar-refractivity contribution is 8.01. The number of nitriles is 1. The number of benzene rings is 1. The number of anilines is 1. The third-order valence-corrected chi connectivity index (χ3v) is 5.05. The van der Waals surface area contributed by atoms with E-state index in [0.717, 1.165) is 15.6 Å². The maximum atomic E-state index is 12.5. The highest BCUT2D eigenvalue weighted by Crippen LogP contribution is 2.23. The molecule has 1 amide bonds. The number of amides is 1.